The molecule has 0 aliphatic carbocycles. The molecule has 1 aliphatic heterocycles. The van der Waals surface area contributed by atoms with Crippen molar-refractivity contribution in [2.24, 2.45) is 13.0 Å². The van der Waals surface area contributed by atoms with Gasteiger partial charge in [-0.05, 0) is 36.5 Å². The monoisotopic (exact) mass is 428 g/mol. The number of methoxy groups -OCH3 is 1. The number of halogens is 1. The highest BCUT2D eigenvalue weighted by atomic mass is 35.5. The second-order valence-corrected chi connectivity index (χ2v) is 7.68. The Kier molecular flexibility index (Phi) is 6.35. The Bertz CT molecular complexity index is 1000. The number of ether oxygens (including phenoxy) is 2. The normalized spacial score (nSPS) is 14.5. The van der Waals surface area contributed by atoms with Crippen LogP contribution >= 0.6 is 11.6 Å². The number of aryl methyl sites for hydroxylation is 1. The first-order valence-corrected chi connectivity index (χ1v) is 10.3. The molecule has 0 saturated carbocycles. The summed E-state index contributed by atoms with van der Waals surface area (Å²) in [6, 6.07) is 5.90. The zero-order valence-electron chi connectivity index (χ0n) is 17.1. The Balaban J connectivity index is 1.49. The van der Waals surface area contributed by atoms with Gasteiger partial charge in [-0.1, -0.05) is 17.7 Å². The van der Waals surface area contributed by atoms with Crippen LogP contribution in [0.5, 0.6) is 5.75 Å². The zero-order valence-corrected chi connectivity index (χ0v) is 17.8. The van der Waals surface area contributed by atoms with Crippen molar-refractivity contribution >= 4 is 29.1 Å². The molecule has 1 aliphatic rings. The van der Waals surface area contributed by atoms with Crippen molar-refractivity contribution in [3.8, 4) is 16.9 Å². The van der Waals surface area contributed by atoms with Gasteiger partial charge in [0.15, 0.2) is 5.82 Å². The van der Waals surface area contributed by atoms with E-state index in [4.69, 9.17) is 21.1 Å². The first kappa shape index (κ1) is 20.4. The summed E-state index contributed by atoms with van der Waals surface area (Å²) in [5, 5.41) is 11.3. The lowest BCUT2D eigenvalue weighted by molar-refractivity contribution is 0.0699. The van der Waals surface area contributed by atoms with Crippen LogP contribution in [0, 0.1) is 5.92 Å². The van der Waals surface area contributed by atoms with Crippen molar-refractivity contribution in [2.75, 3.05) is 37.5 Å². The molecule has 8 nitrogen and oxygen atoms in total. The van der Waals surface area contributed by atoms with Gasteiger partial charge >= 0.3 is 0 Å². The fraction of sp³-hybridized carbons (Fsp3) is 0.381. The lowest BCUT2D eigenvalue weighted by Gasteiger charge is -2.22. The maximum Gasteiger partial charge on any atom is 0.229 e. The number of rotatable bonds is 7. The minimum atomic E-state index is 0.446. The molecule has 0 radical (unpaired) electrons. The minimum Gasteiger partial charge on any atom is -0.495 e. The molecule has 30 heavy (non-hydrogen) atoms. The van der Waals surface area contributed by atoms with Gasteiger partial charge < -0.3 is 20.1 Å². The summed E-state index contributed by atoms with van der Waals surface area (Å²) in [6.45, 7) is 2.43. The summed E-state index contributed by atoms with van der Waals surface area (Å²) in [5.41, 5.74) is 2.80. The van der Waals surface area contributed by atoms with Crippen LogP contribution in [0.1, 0.15) is 12.8 Å². The van der Waals surface area contributed by atoms with E-state index < -0.39 is 0 Å². The maximum atomic E-state index is 6.29. The van der Waals surface area contributed by atoms with E-state index in [2.05, 4.69) is 25.7 Å². The number of nitrogens with zero attached hydrogens (tertiary/aromatic N) is 4. The predicted octanol–water partition coefficient (Wildman–Crippen LogP) is 4.12. The summed E-state index contributed by atoms with van der Waals surface area (Å²) in [4.78, 5) is 8.85. The second-order valence-electron chi connectivity index (χ2n) is 7.27. The highest BCUT2D eigenvalue weighted by Crippen LogP contribution is 2.32. The van der Waals surface area contributed by atoms with Crippen LogP contribution in [0.4, 0.5) is 17.5 Å². The molecular weight excluding hydrogens is 404 g/mol. The largest absolute Gasteiger partial charge is 0.495 e. The van der Waals surface area contributed by atoms with E-state index in [1.165, 1.54) is 0 Å². The minimum absolute atomic E-state index is 0.446. The van der Waals surface area contributed by atoms with Gasteiger partial charge in [0.25, 0.3) is 0 Å². The Morgan fingerprint density at radius 1 is 1.23 bits per heavy atom. The third kappa shape index (κ3) is 4.83. The summed E-state index contributed by atoms with van der Waals surface area (Å²) in [7, 11) is 3.53. The van der Waals surface area contributed by atoms with Gasteiger partial charge in [0, 0.05) is 38.6 Å². The Hall–Kier alpha value is -2.84. The van der Waals surface area contributed by atoms with E-state index in [9.17, 15) is 0 Å². The Labute approximate surface area is 180 Å². The molecule has 0 unspecified atom stereocenters. The molecule has 2 N–H and O–H groups in total. The van der Waals surface area contributed by atoms with Crippen LogP contribution in [-0.4, -0.2) is 46.6 Å². The highest BCUT2D eigenvalue weighted by Gasteiger charge is 2.15. The number of nitrogens with one attached hydrogen (secondary N) is 2. The van der Waals surface area contributed by atoms with Gasteiger partial charge in [0.05, 0.1) is 25.2 Å². The highest BCUT2D eigenvalue weighted by molar-refractivity contribution is 6.32. The maximum absolute atomic E-state index is 6.29. The quantitative estimate of drug-likeness (QED) is 0.585. The van der Waals surface area contributed by atoms with Crippen LogP contribution in [0.3, 0.4) is 0 Å². The zero-order chi connectivity index (χ0) is 20.9. The summed E-state index contributed by atoms with van der Waals surface area (Å²) >= 11 is 6.29. The molecule has 3 heterocycles. The van der Waals surface area contributed by atoms with Gasteiger partial charge in [-0.25, -0.2) is 4.98 Å². The SMILES string of the molecule is COc1cc(-c2cnn(C)c2)ccc1Nc1ncc(Cl)c(NCC2CCOCC2)n1. The number of anilines is 3. The molecule has 4 rings (SSSR count). The number of benzene rings is 1. The average molecular weight is 429 g/mol. The van der Waals surface area contributed by atoms with Crippen LogP contribution in [-0.2, 0) is 11.8 Å². The summed E-state index contributed by atoms with van der Waals surface area (Å²) in [6.07, 6.45) is 7.46. The number of hydrogen-bond donors (Lipinski definition) is 2. The van der Waals surface area contributed by atoms with E-state index in [1.807, 2.05) is 37.6 Å². The molecular formula is C21H25ClN6O2. The van der Waals surface area contributed by atoms with E-state index >= 15 is 0 Å². The van der Waals surface area contributed by atoms with Crippen molar-refractivity contribution in [3.63, 3.8) is 0 Å². The molecule has 1 fully saturated rings. The second kappa shape index (κ2) is 9.32. The van der Waals surface area contributed by atoms with Crippen LogP contribution in [0.25, 0.3) is 11.1 Å². The first-order valence-electron chi connectivity index (χ1n) is 9.90. The summed E-state index contributed by atoms with van der Waals surface area (Å²) < 4.78 is 12.8. The lowest BCUT2D eigenvalue weighted by Crippen LogP contribution is -2.23. The molecule has 1 aromatic carbocycles. The standard InChI is InChI=1S/C21H25ClN6O2/c1-28-13-16(11-25-28)15-3-4-18(19(9-15)29-2)26-21-24-12-17(22)20(27-21)23-10-14-5-7-30-8-6-14/h3-4,9,11-14H,5-8,10H2,1-2H3,(H2,23,24,26,27). The van der Waals surface area contributed by atoms with Gasteiger partial charge in [-0.3, -0.25) is 4.68 Å². The molecule has 0 amide bonds. The third-order valence-corrected chi connectivity index (χ3v) is 5.41. The predicted molar refractivity (Wildman–Crippen MR) is 118 cm³/mol. The van der Waals surface area contributed by atoms with E-state index in [1.54, 1.807) is 18.0 Å². The van der Waals surface area contributed by atoms with Gasteiger partial charge in [-0.2, -0.15) is 10.1 Å². The molecule has 3 aromatic rings. The Morgan fingerprint density at radius 3 is 2.80 bits per heavy atom. The Morgan fingerprint density at radius 2 is 2.07 bits per heavy atom. The van der Waals surface area contributed by atoms with Crippen molar-refractivity contribution < 1.29 is 9.47 Å². The van der Waals surface area contributed by atoms with Crippen molar-refractivity contribution in [1.82, 2.24) is 19.7 Å². The molecule has 0 atom stereocenters. The van der Waals surface area contributed by atoms with Gasteiger partial charge in [-0.15, -0.1) is 0 Å². The molecule has 2 aromatic heterocycles. The van der Waals surface area contributed by atoms with E-state index in [0.29, 0.717) is 28.5 Å². The van der Waals surface area contributed by atoms with Crippen LogP contribution in [0.15, 0.2) is 36.8 Å². The fourth-order valence-electron chi connectivity index (χ4n) is 3.41. The topological polar surface area (TPSA) is 86.1 Å². The number of aromatic nitrogens is 4. The molecule has 0 bridgehead atoms. The van der Waals surface area contributed by atoms with Crippen LogP contribution in [0.2, 0.25) is 5.02 Å². The molecule has 9 heteroatoms. The number of hydrogen-bond acceptors (Lipinski definition) is 7. The van der Waals surface area contributed by atoms with Crippen LogP contribution < -0.4 is 15.4 Å². The first-order chi connectivity index (χ1) is 14.6. The van der Waals surface area contributed by atoms with Crippen molar-refractivity contribution in [1.29, 1.82) is 0 Å². The van der Waals surface area contributed by atoms with Gasteiger partial charge in [0.2, 0.25) is 5.95 Å². The third-order valence-electron chi connectivity index (χ3n) is 5.13. The molecule has 1 saturated heterocycles. The smallest absolute Gasteiger partial charge is 0.229 e. The van der Waals surface area contributed by atoms with Gasteiger partial charge in [0.1, 0.15) is 10.8 Å². The lowest BCUT2D eigenvalue weighted by atomic mass is 10.0. The molecule has 0 spiro atoms. The average Bonchev–Trinajstić information content (AvgIpc) is 3.21. The van der Waals surface area contributed by atoms with Crippen molar-refractivity contribution in [2.45, 2.75) is 12.8 Å². The van der Waals surface area contributed by atoms with E-state index in [0.717, 1.165) is 49.4 Å². The fourth-order valence-corrected chi connectivity index (χ4v) is 3.57. The molecule has 158 valence electrons. The van der Waals surface area contributed by atoms with Crippen molar-refractivity contribution in [3.05, 3.63) is 41.8 Å². The summed E-state index contributed by atoms with van der Waals surface area (Å²) in [5.74, 6) is 2.31. The van der Waals surface area contributed by atoms with E-state index in [-0.39, 0.29) is 0 Å².